The zero-order valence-electron chi connectivity index (χ0n) is 18.8. The van der Waals surface area contributed by atoms with Crippen molar-refractivity contribution in [2.45, 2.75) is 26.2 Å². The molecule has 0 aliphatic carbocycles. The summed E-state index contributed by atoms with van der Waals surface area (Å²) in [6.45, 7) is 4.52. The summed E-state index contributed by atoms with van der Waals surface area (Å²) < 4.78 is 39.3. The van der Waals surface area contributed by atoms with Crippen molar-refractivity contribution in [1.29, 1.82) is 0 Å². The molecule has 0 atom stereocenters. The zero-order chi connectivity index (χ0) is 23.6. The van der Waals surface area contributed by atoms with Crippen molar-refractivity contribution in [2.24, 2.45) is 5.92 Å². The number of benzene rings is 2. The fourth-order valence-electron chi connectivity index (χ4n) is 4.45. The highest BCUT2D eigenvalue weighted by Gasteiger charge is 2.27. The van der Waals surface area contributed by atoms with Crippen LogP contribution in [0.2, 0.25) is 0 Å². The quantitative estimate of drug-likeness (QED) is 0.525. The Balaban J connectivity index is 1.33. The van der Waals surface area contributed by atoms with Crippen LogP contribution in [0, 0.1) is 18.7 Å². The standard InChI is InChI=1S/C25H28FN3O3S/c1-17-15-19(27-24-6-4-3-5-21(17)24)11-14-29-12-9-18(10-13-29)25(30)22-8-7-20(16-23(22)26)28-33(2,31)32/h3-8,15-16,18,28H,9-14H2,1-2H3. The second kappa shape index (κ2) is 9.57. The molecule has 1 aromatic heterocycles. The molecule has 1 fully saturated rings. The molecule has 1 N–H and O–H groups in total. The number of fused-ring (bicyclic) bond motifs is 1. The number of Topliss-reactive ketones (excluding diaryl/α,β-unsaturated/α-hetero) is 1. The van der Waals surface area contributed by atoms with Crippen molar-refractivity contribution < 1.29 is 17.6 Å². The van der Waals surface area contributed by atoms with Gasteiger partial charge in [-0.25, -0.2) is 12.8 Å². The molecule has 0 spiro atoms. The molecule has 4 rings (SSSR count). The molecule has 174 valence electrons. The maximum absolute atomic E-state index is 14.5. The Kier molecular flexibility index (Phi) is 6.76. The van der Waals surface area contributed by atoms with Gasteiger partial charge in [0, 0.05) is 30.0 Å². The van der Waals surface area contributed by atoms with Crippen LogP contribution in [0.5, 0.6) is 0 Å². The van der Waals surface area contributed by atoms with Gasteiger partial charge in [-0.2, -0.15) is 0 Å². The van der Waals surface area contributed by atoms with Gasteiger partial charge in [-0.05, 0) is 68.8 Å². The number of sulfonamides is 1. The second-order valence-electron chi connectivity index (χ2n) is 8.75. The first-order valence-electron chi connectivity index (χ1n) is 11.1. The van der Waals surface area contributed by atoms with Gasteiger partial charge in [-0.3, -0.25) is 14.5 Å². The minimum atomic E-state index is -3.50. The fraction of sp³-hybridized carbons (Fsp3) is 0.360. The van der Waals surface area contributed by atoms with Gasteiger partial charge in [0.2, 0.25) is 10.0 Å². The summed E-state index contributed by atoms with van der Waals surface area (Å²) in [5, 5.41) is 1.17. The molecule has 33 heavy (non-hydrogen) atoms. The molecule has 8 heteroatoms. The molecule has 6 nitrogen and oxygen atoms in total. The van der Waals surface area contributed by atoms with Gasteiger partial charge in [0.1, 0.15) is 5.82 Å². The summed E-state index contributed by atoms with van der Waals surface area (Å²) in [6.07, 6.45) is 3.18. The number of halogens is 1. The topological polar surface area (TPSA) is 79.4 Å². The van der Waals surface area contributed by atoms with Crippen molar-refractivity contribution in [2.75, 3.05) is 30.6 Å². The lowest BCUT2D eigenvalue weighted by Gasteiger charge is -2.31. The van der Waals surface area contributed by atoms with Crippen LogP contribution in [0.15, 0.2) is 48.5 Å². The SMILES string of the molecule is Cc1cc(CCN2CCC(C(=O)c3ccc(NS(C)(=O)=O)cc3F)CC2)nc2ccccc12. The number of para-hydroxylation sites is 1. The highest BCUT2D eigenvalue weighted by Crippen LogP contribution is 2.25. The Morgan fingerprint density at radius 1 is 1.15 bits per heavy atom. The minimum absolute atomic E-state index is 0.0170. The van der Waals surface area contributed by atoms with Crippen molar-refractivity contribution in [3.8, 4) is 0 Å². The molecule has 1 saturated heterocycles. The fourth-order valence-corrected chi connectivity index (χ4v) is 5.01. The number of carbonyl (C=O) groups excluding carboxylic acids is 1. The summed E-state index contributed by atoms with van der Waals surface area (Å²) in [5.41, 5.74) is 3.42. The molecule has 3 aromatic rings. The van der Waals surface area contributed by atoms with Crippen LogP contribution in [0.25, 0.3) is 10.9 Å². The number of aryl methyl sites for hydroxylation is 1. The Hall–Kier alpha value is -2.84. The average Bonchev–Trinajstić information content (AvgIpc) is 2.77. The molecular weight excluding hydrogens is 441 g/mol. The Labute approximate surface area is 193 Å². The maximum atomic E-state index is 14.5. The normalized spacial score (nSPS) is 15.6. The summed E-state index contributed by atoms with van der Waals surface area (Å²) in [5.74, 6) is -1.15. The Bertz CT molecular complexity index is 1290. The van der Waals surface area contributed by atoms with Gasteiger partial charge in [0.05, 0.1) is 23.0 Å². The number of piperidine rings is 1. The molecule has 0 saturated carbocycles. The van der Waals surface area contributed by atoms with Crippen LogP contribution in [0.1, 0.15) is 34.5 Å². The van der Waals surface area contributed by atoms with Crippen molar-refractivity contribution >= 4 is 32.4 Å². The smallest absolute Gasteiger partial charge is 0.229 e. The number of hydrogen-bond acceptors (Lipinski definition) is 5. The maximum Gasteiger partial charge on any atom is 0.229 e. The molecule has 0 bridgehead atoms. The van der Waals surface area contributed by atoms with E-state index in [9.17, 15) is 17.6 Å². The van der Waals surface area contributed by atoms with Crippen LogP contribution in [0.4, 0.5) is 10.1 Å². The first-order valence-corrected chi connectivity index (χ1v) is 13.0. The largest absolute Gasteiger partial charge is 0.303 e. The number of nitrogens with zero attached hydrogens (tertiary/aromatic N) is 2. The molecular formula is C25H28FN3O3S. The van der Waals surface area contributed by atoms with E-state index in [1.54, 1.807) is 0 Å². The minimum Gasteiger partial charge on any atom is -0.303 e. The Morgan fingerprint density at radius 3 is 2.58 bits per heavy atom. The lowest BCUT2D eigenvalue weighted by atomic mass is 9.88. The Morgan fingerprint density at radius 2 is 1.88 bits per heavy atom. The van der Waals surface area contributed by atoms with Crippen LogP contribution in [-0.2, 0) is 16.4 Å². The molecule has 1 aliphatic rings. The van der Waals surface area contributed by atoms with Crippen LogP contribution in [0.3, 0.4) is 0 Å². The third-order valence-electron chi connectivity index (χ3n) is 6.16. The number of hydrogen-bond donors (Lipinski definition) is 1. The van der Waals surface area contributed by atoms with Crippen molar-refractivity contribution in [3.05, 3.63) is 71.2 Å². The molecule has 1 aliphatic heterocycles. The van der Waals surface area contributed by atoms with Gasteiger partial charge in [0.15, 0.2) is 5.78 Å². The summed E-state index contributed by atoms with van der Waals surface area (Å²) in [6, 6.07) is 14.1. The first kappa shape index (κ1) is 23.3. The van der Waals surface area contributed by atoms with E-state index in [1.165, 1.54) is 23.1 Å². The highest BCUT2D eigenvalue weighted by atomic mass is 32.2. The highest BCUT2D eigenvalue weighted by molar-refractivity contribution is 7.92. The number of nitrogens with one attached hydrogen (secondary N) is 1. The summed E-state index contributed by atoms with van der Waals surface area (Å²) >= 11 is 0. The number of anilines is 1. The van der Waals surface area contributed by atoms with Gasteiger partial charge < -0.3 is 4.90 Å². The third kappa shape index (κ3) is 5.75. The van der Waals surface area contributed by atoms with Gasteiger partial charge in [0.25, 0.3) is 0 Å². The van der Waals surface area contributed by atoms with Crippen LogP contribution >= 0.6 is 0 Å². The lowest BCUT2D eigenvalue weighted by Crippen LogP contribution is -2.37. The lowest BCUT2D eigenvalue weighted by molar-refractivity contribution is 0.0836. The predicted octanol–water partition coefficient (Wildman–Crippen LogP) is 4.19. The van der Waals surface area contributed by atoms with E-state index in [4.69, 9.17) is 4.98 Å². The molecule has 0 amide bonds. The van der Waals surface area contributed by atoms with Gasteiger partial charge >= 0.3 is 0 Å². The predicted molar refractivity (Wildman–Crippen MR) is 129 cm³/mol. The van der Waals surface area contributed by atoms with E-state index in [2.05, 4.69) is 28.7 Å². The van der Waals surface area contributed by atoms with E-state index in [0.717, 1.165) is 49.6 Å². The zero-order valence-corrected chi connectivity index (χ0v) is 19.7. The van der Waals surface area contributed by atoms with E-state index >= 15 is 0 Å². The molecule has 0 radical (unpaired) electrons. The number of ketones is 1. The van der Waals surface area contributed by atoms with E-state index in [-0.39, 0.29) is 23.0 Å². The summed E-state index contributed by atoms with van der Waals surface area (Å²) in [7, 11) is -3.50. The molecule has 0 unspecified atom stereocenters. The monoisotopic (exact) mass is 469 g/mol. The van der Waals surface area contributed by atoms with Gasteiger partial charge in [-0.1, -0.05) is 18.2 Å². The third-order valence-corrected chi connectivity index (χ3v) is 6.76. The number of rotatable bonds is 7. The number of carbonyl (C=O) groups is 1. The van der Waals surface area contributed by atoms with E-state index < -0.39 is 15.8 Å². The molecule has 2 heterocycles. The number of pyridine rings is 1. The van der Waals surface area contributed by atoms with Crippen LogP contribution < -0.4 is 4.72 Å². The van der Waals surface area contributed by atoms with E-state index in [0.29, 0.717) is 12.8 Å². The number of likely N-dealkylation sites (tertiary alicyclic amines) is 1. The number of aromatic nitrogens is 1. The van der Waals surface area contributed by atoms with Crippen LogP contribution in [-0.4, -0.2) is 50.0 Å². The van der Waals surface area contributed by atoms with E-state index in [1.807, 2.05) is 18.2 Å². The average molecular weight is 470 g/mol. The van der Waals surface area contributed by atoms with Crippen molar-refractivity contribution in [3.63, 3.8) is 0 Å². The molecule has 2 aromatic carbocycles. The van der Waals surface area contributed by atoms with Gasteiger partial charge in [-0.15, -0.1) is 0 Å². The first-order chi connectivity index (χ1) is 15.7. The van der Waals surface area contributed by atoms with Crippen molar-refractivity contribution in [1.82, 2.24) is 9.88 Å². The summed E-state index contributed by atoms with van der Waals surface area (Å²) in [4.78, 5) is 20.0. The second-order valence-corrected chi connectivity index (χ2v) is 10.5.